The lowest BCUT2D eigenvalue weighted by Gasteiger charge is -2.32. The number of carbonyl (C=O) groups excluding carboxylic acids is 2. The summed E-state index contributed by atoms with van der Waals surface area (Å²) in [6.45, 7) is 2.73. The highest BCUT2D eigenvalue weighted by Gasteiger charge is 2.29. The first-order valence-electron chi connectivity index (χ1n) is 8.27. The normalized spacial score (nSPS) is 17.4. The summed E-state index contributed by atoms with van der Waals surface area (Å²) in [5, 5.41) is 9.12. The molecule has 6 heteroatoms. The van der Waals surface area contributed by atoms with Crippen LogP contribution in [0.2, 0.25) is 0 Å². The highest BCUT2D eigenvalue weighted by molar-refractivity contribution is 5.84. The van der Waals surface area contributed by atoms with Crippen LogP contribution in [0.25, 0.3) is 0 Å². The van der Waals surface area contributed by atoms with Crippen LogP contribution in [0.15, 0.2) is 30.3 Å². The van der Waals surface area contributed by atoms with E-state index in [9.17, 15) is 14.4 Å². The second-order valence-corrected chi connectivity index (χ2v) is 6.19. The lowest BCUT2D eigenvalue weighted by atomic mass is 9.98. The van der Waals surface area contributed by atoms with Crippen LogP contribution >= 0.6 is 0 Å². The Kier molecular flexibility index (Phi) is 6.35. The van der Waals surface area contributed by atoms with Gasteiger partial charge in [0.05, 0.1) is 12.5 Å². The molecule has 2 rings (SSSR count). The number of rotatable bonds is 6. The van der Waals surface area contributed by atoms with E-state index in [2.05, 4.69) is 0 Å². The first-order chi connectivity index (χ1) is 11.5. The number of carboxylic acids is 1. The van der Waals surface area contributed by atoms with Crippen molar-refractivity contribution in [2.45, 2.75) is 26.2 Å². The molecule has 24 heavy (non-hydrogen) atoms. The van der Waals surface area contributed by atoms with Crippen molar-refractivity contribution in [2.75, 3.05) is 26.2 Å². The third-order valence-electron chi connectivity index (χ3n) is 4.41. The molecule has 1 aromatic carbocycles. The van der Waals surface area contributed by atoms with E-state index in [1.165, 1.54) is 11.8 Å². The van der Waals surface area contributed by atoms with Crippen molar-refractivity contribution >= 4 is 17.8 Å². The van der Waals surface area contributed by atoms with Crippen molar-refractivity contribution in [2.24, 2.45) is 5.92 Å². The smallest absolute Gasteiger partial charge is 0.308 e. The Bertz CT molecular complexity index is 588. The van der Waals surface area contributed by atoms with Crippen LogP contribution in [0.5, 0.6) is 0 Å². The zero-order chi connectivity index (χ0) is 17.5. The number of benzene rings is 1. The van der Waals surface area contributed by atoms with Crippen LogP contribution in [-0.2, 0) is 20.8 Å². The van der Waals surface area contributed by atoms with Gasteiger partial charge in [-0.3, -0.25) is 14.4 Å². The van der Waals surface area contributed by atoms with Crippen molar-refractivity contribution in [1.82, 2.24) is 9.80 Å². The van der Waals surface area contributed by atoms with Gasteiger partial charge in [-0.2, -0.15) is 0 Å². The van der Waals surface area contributed by atoms with E-state index >= 15 is 0 Å². The van der Waals surface area contributed by atoms with Gasteiger partial charge in [0, 0.05) is 26.6 Å². The Labute approximate surface area is 142 Å². The maximum absolute atomic E-state index is 12.4. The standard InChI is InChI=1S/C18H24N2O4/c1-14(21)19(11-9-15-6-3-2-4-7-15)13-17(22)20-10-5-8-16(12-20)18(23)24/h2-4,6-7,16H,5,8-13H2,1H3,(H,23,24). The van der Waals surface area contributed by atoms with Crippen LogP contribution in [0, 0.1) is 5.92 Å². The molecule has 1 unspecified atom stereocenters. The molecule has 1 saturated heterocycles. The van der Waals surface area contributed by atoms with Crippen LogP contribution in [0.1, 0.15) is 25.3 Å². The van der Waals surface area contributed by atoms with Crippen LogP contribution < -0.4 is 0 Å². The molecule has 0 radical (unpaired) electrons. The maximum atomic E-state index is 12.4. The summed E-state index contributed by atoms with van der Waals surface area (Å²) in [7, 11) is 0. The van der Waals surface area contributed by atoms with Crippen molar-refractivity contribution in [3.8, 4) is 0 Å². The number of hydrogen-bond donors (Lipinski definition) is 1. The van der Waals surface area contributed by atoms with Gasteiger partial charge in [0.25, 0.3) is 0 Å². The Morgan fingerprint density at radius 3 is 2.58 bits per heavy atom. The van der Waals surface area contributed by atoms with Gasteiger partial charge >= 0.3 is 5.97 Å². The average molecular weight is 332 g/mol. The van der Waals surface area contributed by atoms with E-state index < -0.39 is 11.9 Å². The molecule has 1 aromatic rings. The van der Waals surface area contributed by atoms with Crippen LogP contribution in [-0.4, -0.2) is 58.9 Å². The second kappa shape index (κ2) is 8.47. The predicted molar refractivity (Wildman–Crippen MR) is 89.3 cm³/mol. The molecule has 1 atom stereocenters. The largest absolute Gasteiger partial charge is 0.481 e. The number of likely N-dealkylation sites (tertiary alicyclic amines) is 1. The number of amides is 2. The molecule has 0 aliphatic carbocycles. The molecule has 1 heterocycles. The summed E-state index contributed by atoms with van der Waals surface area (Å²) in [5.74, 6) is -1.69. The van der Waals surface area contributed by atoms with Crippen LogP contribution in [0.3, 0.4) is 0 Å². The maximum Gasteiger partial charge on any atom is 0.308 e. The zero-order valence-electron chi connectivity index (χ0n) is 14.0. The number of nitrogens with zero attached hydrogens (tertiary/aromatic N) is 2. The van der Waals surface area contributed by atoms with Crippen LogP contribution in [0.4, 0.5) is 0 Å². The summed E-state index contributed by atoms with van der Waals surface area (Å²) >= 11 is 0. The Hall–Kier alpha value is -2.37. The van der Waals surface area contributed by atoms with Crippen molar-refractivity contribution in [1.29, 1.82) is 0 Å². The first kappa shape index (κ1) is 18.0. The van der Waals surface area contributed by atoms with Gasteiger partial charge in [0.1, 0.15) is 0 Å². The van der Waals surface area contributed by atoms with Gasteiger partial charge < -0.3 is 14.9 Å². The molecule has 6 nitrogen and oxygen atoms in total. The van der Waals surface area contributed by atoms with Gasteiger partial charge in [-0.15, -0.1) is 0 Å². The van der Waals surface area contributed by atoms with E-state index in [0.29, 0.717) is 32.4 Å². The summed E-state index contributed by atoms with van der Waals surface area (Å²) in [6.07, 6.45) is 1.97. The predicted octanol–water partition coefficient (Wildman–Crippen LogP) is 1.40. The van der Waals surface area contributed by atoms with Gasteiger partial charge in [-0.25, -0.2) is 0 Å². The Morgan fingerprint density at radius 1 is 1.25 bits per heavy atom. The lowest BCUT2D eigenvalue weighted by molar-refractivity contribution is -0.147. The fraction of sp³-hybridized carbons (Fsp3) is 0.500. The van der Waals surface area contributed by atoms with Gasteiger partial charge in [0.2, 0.25) is 11.8 Å². The second-order valence-electron chi connectivity index (χ2n) is 6.19. The summed E-state index contributed by atoms with van der Waals surface area (Å²) in [5.41, 5.74) is 1.11. The highest BCUT2D eigenvalue weighted by atomic mass is 16.4. The molecule has 0 aromatic heterocycles. The molecule has 130 valence electrons. The number of carboxylic acid groups (broad SMARTS) is 1. The molecule has 0 spiro atoms. The summed E-state index contributed by atoms with van der Waals surface area (Å²) < 4.78 is 0. The fourth-order valence-corrected chi connectivity index (χ4v) is 2.93. The Morgan fingerprint density at radius 2 is 1.96 bits per heavy atom. The molecule has 1 fully saturated rings. The highest BCUT2D eigenvalue weighted by Crippen LogP contribution is 2.17. The molecular formula is C18H24N2O4. The minimum Gasteiger partial charge on any atom is -0.481 e. The van der Waals surface area contributed by atoms with Gasteiger partial charge in [0.15, 0.2) is 0 Å². The number of carbonyl (C=O) groups is 3. The van der Waals surface area contributed by atoms with Crippen molar-refractivity contribution in [3.05, 3.63) is 35.9 Å². The number of piperidine rings is 1. The summed E-state index contributed by atoms with van der Waals surface area (Å²) in [4.78, 5) is 38.5. The molecule has 2 amide bonds. The van der Waals surface area contributed by atoms with E-state index in [0.717, 1.165) is 5.56 Å². The van der Waals surface area contributed by atoms with E-state index in [-0.39, 0.29) is 24.9 Å². The zero-order valence-corrected chi connectivity index (χ0v) is 14.0. The number of aliphatic carboxylic acids is 1. The topological polar surface area (TPSA) is 77.9 Å². The molecule has 0 bridgehead atoms. The molecule has 1 aliphatic rings. The van der Waals surface area contributed by atoms with Gasteiger partial charge in [-0.05, 0) is 24.8 Å². The van der Waals surface area contributed by atoms with E-state index in [1.807, 2.05) is 30.3 Å². The fourth-order valence-electron chi connectivity index (χ4n) is 2.93. The quantitative estimate of drug-likeness (QED) is 0.854. The lowest BCUT2D eigenvalue weighted by Crippen LogP contribution is -2.47. The molecule has 1 N–H and O–H groups in total. The third kappa shape index (κ3) is 5.08. The third-order valence-corrected chi connectivity index (χ3v) is 4.41. The van der Waals surface area contributed by atoms with Crippen molar-refractivity contribution in [3.63, 3.8) is 0 Å². The Balaban J connectivity index is 1.90. The molecule has 1 aliphatic heterocycles. The number of hydrogen-bond acceptors (Lipinski definition) is 3. The molecule has 0 saturated carbocycles. The average Bonchev–Trinajstić information content (AvgIpc) is 2.59. The van der Waals surface area contributed by atoms with E-state index in [4.69, 9.17) is 5.11 Å². The monoisotopic (exact) mass is 332 g/mol. The van der Waals surface area contributed by atoms with Gasteiger partial charge in [-0.1, -0.05) is 30.3 Å². The molecular weight excluding hydrogens is 308 g/mol. The minimum absolute atomic E-state index is 0.00844. The summed E-state index contributed by atoms with van der Waals surface area (Å²) in [6, 6.07) is 9.80. The van der Waals surface area contributed by atoms with Crippen molar-refractivity contribution < 1.29 is 19.5 Å². The van der Waals surface area contributed by atoms with E-state index in [1.54, 1.807) is 4.90 Å². The SMILES string of the molecule is CC(=O)N(CCc1ccccc1)CC(=O)N1CCCC(C(=O)O)C1. The minimum atomic E-state index is -0.861. The first-order valence-corrected chi connectivity index (χ1v) is 8.27.